The molecule has 20 heavy (non-hydrogen) atoms. The van der Waals surface area contributed by atoms with Crippen LogP contribution in [0, 0.1) is 6.92 Å². The number of rotatable bonds is 5. The zero-order valence-electron chi connectivity index (χ0n) is 12.2. The van der Waals surface area contributed by atoms with Gasteiger partial charge in [0, 0.05) is 37.8 Å². The molecule has 1 saturated heterocycles. The van der Waals surface area contributed by atoms with E-state index < -0.39 is 0 Å². The van der Waals surface area contributed by atoms with Gasteiger partial charge >= 0.3 is 0 Å². The molecule has 110 valence electrons. The molecule has 2 rings (SSSR count). The Labute approximate surface area is 121 Å². The van der Waals surface area contributed by atoms with Crippen LogP contribution < -0.4 is 11.1 Å². The van der Waals surface area contributed by atoms with Gasteiger partial charge in [-0.2, -0.15) is 0 Å². The summed E-state index contributed by atoms with van der Waals surface area (Å²) in [6.45, 7) is 9.83. The van der Waals surface area contributed by atoms with E-state index in [0.717, 1.165) is 50.1 Å². The molecule has 0 radical (unpaired) electrons. The number of hydrogen-bond acceptors (Lipinski definition) is 4. The number of nitrogen functional groups attached to an aromatic ring is 1. The molecule has 0 bridgehead atoms. The minimum atomic E-state index is 0.207. The zero-order chi connectivity index (χ0) is 14.5. The number of phenolic OH excluding ortho intramolecular Hbond substituents is 1. The first-order chi connectivity index (χ1) is 9.65. The zero-order valence-corrected chi connectivity index (χ0v) is 12.2. The average molecular weight is 275 g/mol. The van der Waals surface area contributed by atoms with Gasteiger partial charge in [-0.15, -0.1) is 6.58 Å². The van der Waals surface area contributed by atoms with Gasteiger partial charge in [0.1, 0.15) is 5.75 Å². The molecule has 4 N–H and O–H groups in total. The highest BCUT2D eigenvalue weighted by atomic mass is 16.3. The van der Waals surface area contributed by atoms with Crippen molar-refractivity contribution in [3.05, 3.63) is 35.9 Å². The van der Waals surface area contributed by atoms with Crippen molar-refractivity contribution in [2.75, 3.05) is 31.9 Å². The Morgan fingerprint density at radius 2 is 2.15 bits per heavy atom. The fourth-order valence-corrected chi connectivity index (χ4v) is 2.93. The molecule has 0 saturated carbocycles. The normalized spacial score (nSPS) is 17.9. The molecule has 4 nitrogen and oxygen atoms in total. The van der Waals surface area contributed by atoms with Crippen molar-refractivity contribution in [1.29, 1.82) is 0 Å². The van der Waals surface area contributed by atoms with E-state index >= 15 is 0 Å². The lowest BCUT2D eigenvalue weighted by Gasteiger charge is -2.36. The van der Waals surface area contributed by atoms with E-state index in [1.807, 2.05) is 19.1 Å². The molecule has 0 aliphatic carbocycles. The highest BCUT2D eigenvalue weighted by Gasteiger charge is 2.26. The Hall–Kier alpha value is -1.52. The molecule has 0 amide bonds. The van der Waals surface area contributed by atoms with Crippen LogP contribution in [0.25, 0.3) is 0 Å². The number of nitrogens with zero attached hydrogens (tertiary/aromatic N) is 1. The van der Waals surface area contributed by atoms with Gasteiger partial charge in [-0.05, 0) is 31.4 Å². The molecule has 1 atom stereocenters. The van der Waals surface area contributed by atoms with Crippen LogP contribution in [0.4, 0.5) is 5.69 Å². The molecule has 1 fully saturated rings. The summed E-state index contributed by atoms with van der Waals surface area (Å²) in [5.74, 6) is 0.248. The van der Waals surface area contributed by atoms with Gasteiger partial charge in [0.25, 0.3) is 0 Å². The fraction of sp³-hybridized carbons (Fsp3) is 0.500. The molecule has 1 aliphatic rings. The number of phenols is 1. The Kier molecular flexibility index (Phi) is 5.04. The Balaban J connectivity index is 2.34. The number of aromatic hydroxyl groups is 1. The standard InChI is InChI=1S/C16H25N3O/c1-3-4-5-14(19-10-8-18-9-11-19)15-12(2)6-7-13(17)16(15)20/h3,6-7,14,18,20H,1,4-5,8-11,17H2,2H3/t14-/m0/s1. The fourth-order valence-electron chi connectivity index (χ4n) is 2.93. The lowest BCUT2D eigenvalue weighted by molar-refractivity contribution is 0.163. The van der Waals surface area contributed by atoms with Gasteiger partial charge < -0.3 is 16.2 Å². The number of allylic oxidation sites excluding steroid dienone is 1. The third kappa shape index (κ3) is 3.14. The first kappa shape index (κ1) is 14.9. The Morgan fingerprint density at radius 1 is 1.45 bits per heavy atom. The monoisotopic (exact) mass is 275 g/mol. The molecule has 4 heteroatoms. The largest absolute Gasteiger partial charge is 0.505 e. The van der Waals surface area contributed by atoms with Crippen LogP contribution in [0.15, 0.2) is 24.8 Å². The van der Waals surface area contributed by atoms with Crippen LogP contribution >= 0.6 is 0 Å². The molecular weight excluding hydrogens is 250 g/mol. The third-order valence-corrected chi connectivity index (χ3v) is 4.04. The van der Waals surface area contributed by atoms with Crippen molar-refractivity contribution >= 4 is 5.69 Å². The van der Waals surface area contributed by atoms with Crippen LogP contribution in [-0.2, 0) is 0 Å². The van der Waals surface area contributed by atoms with Crippen molar-refractivity contribution < 1.29 is 5.11 Å². The van der Waals surface area contributed by atoms with Crippen molar-refractivity contribution in [3.63, 3.8) is 0 Å². The van der Waals surface area contributed by atoms with Gasteiger partial charge in [0.2, 0.25) is 0 Å². The number of nitrogens with one attached hydrogen (secondary N) is 1. The van der Waals surface area contributed by atoms with E-state index in [2.05, 4.69) is 16.8 Å². The van der Waals surface area contributed by atoms with Gasteiger partial charge in [0.05, 0.1) is 5.69 Å². The minimum absolute atomic E-state index is 0.207. The summed E-state index contributed by atoms with van der Waals surface area (Å²) in [7, 11) is 0. The Morgan fingerprint density at radius 3 is 2.80 bits per heavy atom. The molecule has 1 aliphatic heterocycles. The average Bonchev–Trinajstić information content (AvgIpc) is 2.47. The summed E-state index contributed by atoms with van der Waals surface area (Å²) in [5, 5.41) is 13.8. The molecular formula is C16H25N3O. The number of piperazine rings is 1. The van der Waals surface area contributed by atoms with Gasteiger partial charge in [-0.1, -0.05) is 12.1 Å². The smallest absolute Gasteiger partial charge is 0.143 e. The molecule has 0 unspecified atom stereocenters. The van der Waals surface area contributed by atoms with Crippen LogP contribution in [0.2, 0.25) is 0 Å². The molecule has 0 spiro atoms. The van der Waals surface area contributed by atoms with Gasteiger partial charge in [-0.25, -0.2) is 0 Å². The lowest BCUT2D eigenvalue weighted by atomic mass is 9.93. The predicted octanol–water partition coefficient (Wildman–Crippen LogP) is 2.20. The number of nitrogens with two attached hydrogens (primary N) is 1. The second-order valence-electron chi connectivity index (χ2n) is 5.40. The third-order valence-electron chi connectivity index (χ3n) is 4.04. The van der Waals surface area contributed by atoms with Crippen molar-refractivity contribution in [1.82, 2.24) is 10.2 Å². The van der Waals surface area contributed by atoms with Crippen molar-refractivity contribution in [2.24, 2.45) is 0 Å². The highest BCUT2D eigenvalue weighted by molar-refractivity contribution is 5.59. The van der Waals surface area contributed by atoms with Crippen LogP contribution in [0.3, 0.4) is 0 Å². The van der Waals surface area contributed by atoms with Crippen LogP contribution in [0.1, 0.15) is 30.0 Å². The SMILES string of the molecule is C=CCC[C@@H](c1c(C)ccc(N)c1O)N1CCNCC1. The summed E-state index contributed by atoms with van der Waals surface area (Å²) in [6.07, 6.45) is 3.83. The first-order valence-electron chi connectivity index (χ1n) is 7.28. The summed E-state index contributed by atoms with van der Waals surface area (Å²) in [6, 6.07) is 3.97. The summed E-state index contributed by atoms with van der Waals surface area (Å²) >= 11 is 0. The molecule has 0 aromatic heterocycles. The first-order valence-corrected chi connectivity index (χ1v) is 7.28. The van der Waals surface area contributed by atoms with E-state index in [4.69, 9.17) is 5.73 Å². The maximum atomic E-state index is 10.4. The van der Waals surface area contributed by atoms with E-state index in [1.54, 1.807) is 6.07 Å². The van der Waals surface area contributed by atoms with E-state index in [1.165, 1.54) is 0 Å². The summed E-state index contributed by atoms with van der Waals surface area (Å²) in [4.78, 5) is 2.43. The minimum Gasteiger partial charge on any atom is -0.505 e. The second kappa shape index (κ2) is 6.77. The van der Waals surface area contributed by atoms with E-state index in [-0.39, 0.29) is 11.8 Å². The number of aryl methyl sites for hydroxylation is 1. The van der Waals surface area contributed by atoms with Crippen molar-refractivity contribution in [2.45, 2.75) is 25.8 Å². The number of anilines is 1. The van der Waals surface area contributed by atoms with Gasteiger partial charge in [-0.3, -0.25) is 4.90 Å². The maximum absolute atomic E-state index is 10.4. The van der Waals surface area contributed by atoms with Crippen LogP contribution in [0.5, 0.6) is 5.75 Å². The molecule has 1 heterocycles. The maximum Gasteiger partial charge on any atom is 0.143 e. The predicted molar refractivity (Wildman–Crippen MR) is 83.9 cm³/mol. The van der Waals surface area contributed by atoms with E-state index in [0.29, 0.717) is 5.69 Å². The highest BCUT2D eigenvalue weighted by Crippen LogP contribution is 2.38. The molecule has 1 aromatic carbocycles. The number of hydrogen-bond donors (Lipinski definition) is 3. The summed E-state index contributed by atoms with van der Waals surface area (Å²) in [5.41, 5.74) is 8.43. The second-order valence-corrected chi connectivity index (χ2v) is 5.40. The molecule has 1 aromatic rings. The van der Waals surface area contributed by atoms with Crippen molar-refractivity contribution in [3.8, 4) is 5.75 Å². The van der Waals surface area contributed by atoms with E-state index in [9.17, 15) is 5.11 Å². The quantitative estimate of drug-likeness (QED) is 0.438. The Bertz CT molecular complexity index is 467. The van der Waals surface area contributed by atoms with Gasteiger partial charge in [0.15, 0.2) is 0 Å². The summed E-state index contributed by atoms with van der Waals surface area (Å²) < 4.78 is 0. The van der Waals surface area contributed by atoms with Crippen LogP contribution in [-0.4, -0.2) is 36.2 Å². The number of benzene rings is 1. The topological polar surface area (TPSA) is 61.5 Å². The lowest BCUT2D eigenvalue weighted by Crippen LogP contribution is -2.45.